The molecule has 1 fully saturated rings. The lowest BCUT2D eigenvalue weighted by Crippen LogP contribution is -2.46. The van der Waals surface area contributed by atoms with E-state index >= 15 is 0 Å². The van der Waals surface area contributed by atoms with E-state index in [0.29, 0.717) is 24.1 Å². The monoisotopic (exact) mass is 411 g/mol. The first-order valence-corrected chi connectivity index (χ1v) is 10.5. The molecule has 2 aromatic rings. The molecule has 7 nitrogen and oxygen atoms in total. The summed E-state index contributed by atoms with van der Waals surface area (Å²) in [4.78, 5) is 52.0. The average Bonchev–Trinajstić information content (AvgIpc) is 3.29. The van der Waals surface area contributed by atoms with Gasteiger partial charge in [-0.2, -0.15) is 0 Å². The van der Waals surface area contributed by atoms with E-state index in [-0.39, 0.29) is 24.1 Å². The molecule has 29 heavy (non-hydrogen) atoms. The molecule has 1 aromatic heterocycles. The van der Waals surface area contributed by atoms with Gasteiger partial charge in [0.25, 0.3) is 5.91 Å². The molecule has 1 atom stereocenters. The summed E-state index contributed by atoms with van der Waals surface area (Å²) in [5, 5.41) is 7.50. The molecule has 0 unspecified atom stereocenters. The van der Waals surface area contributed by atoms with E-state index in [2.05, 4.69) is 10.6 Å². The zero-order chi connectivity index (χ0) is 20.6. The van der Waals surface area contributed by atoms with Gasteiger partial charge < -0.3 is 10.6 Å². The normalized spacial score (nSPS) is 20.5. The quantitative estimate of drug-likeness (QED) is 0.584. The Morgan fingerprint density at radius 3 is 2.69 bits per heavy atom. The highest BCUT2D eigenvalue weighted by Gasteiger charge is 2.54. The van der Waals surface area contributed by atoms with Gasteiger partial charge in [0.2, 0.25) is 5.91 Å². The van der Waals surface area contributed by atoms with Crippen molar-refractivity contribution in [3.63, 3.8) is 0 Å². The molecule has 0 radical (unpaired) electrons. The average molecular weight is 411 g/mol. The Hall–Kier alpha value is -3.00. The number of fused-ring (bicyclic) bond motifs is 2. The van der Waals surface area contributed by atoms with E-state index < -0.39 is 11.6 Å². The van der Waals surface area contributed by atoms with Gasteiger partial charge in [0.1, 0.15) is 5.54 Å². The Morgan fingerprint density at radius 2 is 1.97 bits per heavy atom. The summed E-state index contributed by atoms with van der Waals surface area (Å²) in [7, 11) is 0. The topological polar surface area (TPSA) is 95.6 Å². The van der Waals surface area contributed by atoms with E-state index in [0.717, 1.165) is 28.2 Å². The molecule has 1 aromatic carbocycles. The van der Waals surface area contributed by atoms with Crippen molar-refractivity contribution in [1.29, 1.82) is 0 Å². The molecule has 0 saturated carbocycles. The standard InChI is InChI=1S/C21H21N3O4S/c1-2-18(26)22-14-7-5-13(6-8-14)16(25)12-24-19(27)21(23-20(24)28)10-3-4-17-15(21)9-11-29-17/h5-9,11H,2-4,10,12H2,1H3,(H,22,26)(H,23,28)/t21-/m0/s1. The molecule has 2 aliphatic rings. The van der Waals surface area contributed by atoms with Crippen molar-refractivity contribution in [2.45, 2.75) is 38.1 Å². The van der Waals surface area contributed by atoms with E-state index in [1.54, 1.807) is 42.5 Å². The van der Waals surface area contributed by atoms with Crippen molar-refractivity contribution >= 4 is 40.7 Å². The van der Waals surface area contributed by atoms with Gasteiger partial charge in [-0.05, 0) is 55.0 Å². The number of aryl methyl sites for hydroxylation is 1. The van der Waals surface area contributed by atoms with Crippen LogP contribution in [0.5, 0.6) is 0 Å². The lowest BCUT2D eigenvalue weighted by atomic mass is 9.80. The summed E-state index contributed by atoms with van der Waals surface area (Å²) >= 11 is 1.59. The number of ketones is 1. The lowest BCUT2D eigenvalue weighted by Gasteiger charge is -2.31. The van der Waals surface area contributed by atoms with E-state index in [1.807, 2.05) is 11.4 Å². The largest absolute Gasteiger partial charge is 0.326 e. The maximum Gasteiger partial charge on any atom is 0.325 e. The van der Waals surface area contributed by atoms with E-state index in [9.17, 15) is 19.2 Å². The number of thiophene rings is 1. The number of hydrogen-bond acceptors (Lipinski definition) is 5. The Morgan fingerprint density at radius 1 is 1.21 bits per heavy atom. The maximum atomic E-state index is 13.2. The third-order valence-electron chi connectivity index (χ3n) is 5.45. The Kier molecular flexibility index (Phi) is 4.96. The van der Waals surface area contributed by atoms with Gasteiger partial charge in [-0.25, -0.2) is 4.79 Å². The molecule has 4 rings (SSSR count). The Labute approximate surface area is 172 Å². The number of anilines is 1. The first kappa shape index (κ1) is 19.3. The highest BCUT2D eigenvalue weighted by molar-refractivity contribution is 7.10. The van der Waals surface area contributed by atoms with Gasteiger partial charge in [-0.15, -0.1) is 11.3 Å². The number of nitrogens with one attached hydrogen (secondary N) is 2. The zero-order valence-corrected chi connectivity index (χ0v) is 16.8. The first-order chi connectivity index (χ1) is 13.9. The minimum atomic E-state index is -1.04. The van der Waals surface area contributed by atoms with Crippen LogP contribution in [-0.4, -0.2) is 35.1 Å². The van der Waals surface area contributed by atoms with Crippen LogP contribution in [0.4, 0.5) is 10.5 Å². The Bertz CT molecular complexity index is 998. The van der Waals surface area contributed by atoms with Crippen LogP contribution in [0, 0.1) is 0 Å². The van der Waals surface area contributed by atoms with Gasteiger partial charge in [0.15, 0.2) is 5.78 Å². The molecule has 2 heterocycles. The van der Waals surface area contributed by atoms with E-state index in [1.165, 1.54) is 0 Å². The summed E-state index contributed by atoms with van der Waals surface area (Å²) in [6.07, 6.45) is 2.61. The molecule has 4 amide bonds. The van der Waals surface area contributed by atoms with Crippen molar-refractivity contribution in [2.75, 3.05) is 11.9 Å². The van der Waals surface area contributed by atoms with Crippen molar-refractivity contribution in [3.05, 3.63) is 51.7 Å². The van der Waals surface area contributed by atoms with Gasteiger partial charge in [-0.3, -0.25) is 19.3 Å². The highest BCUT2D eigenvalue weighted by Crippen LogP contribution is 2.42. The first-order valence-electron chi connectivity index (χ1n) is 9.58. The van der Waals surface area contributed by atoms with Gasteiger partial charge in [-0.1, -0.05) is 6.92 Å². The van der Waals surface area contributed by atoms with Crippen molar-refractivity contribution in [1.82, 2.24) is 10.2 Å². The SMILES string of the molecule is CCC(=O)Nc1ccc(C(=O)CN2C(=O)N[C@]3(CCCc4sccc43)C2=O)cc1. The van der Waals surface area contributed by atoms with Crippen molar-refractivity contribution in [3.8, 4) is 0 Å². The molecule has 2 N–H and O–H groups in total. The van der Waals surface area contributed by atoms with Crippen LogP contribution < -0.4 is 10.6 Å². The summed E-state index contributed by atoms with van der Waals surface area (Å²) in [5.74, 6) is -0.809. The second-order valence-electron chi connectivity index (χ2n) is 7.24. The molecular formula is C21H21N3O4S. The fourth-order valence-electron chi connectivity index (χ4n) is 3.91. The second kappa shape index (κ2) is 7.44. The number of benzene rings is 1. The summed E-state index contributed by atoms with van der Waals surface area (Å²) in [6.45, 7) is 1.44. The number of imide groups is 1. The highest BCUT2D eigenvalue weighted by atomic mass is 32.1. The fourth-order valence-corrected chi connectivity index (χ4v) is 4.91. The van der Waals surface area contributed by atoms with Crippen LogP contribution in [-0.2, 0) is 21.5 Å². The number of Topliss-reactive ketones (excluding diaryl/α,β-unsaturated/α-hetero) is 1. The molecule has 1 saturated heterocycles. The molecule has 1 aliphatic heterocycles. The summed E-state index contributed by atoms with van der Waals surface area (Å²) in [5.41, 5.74) is 0.785. The third-order valence-corrected chi connectivity index (χ3v) is 6.43. The number of nitrogens with zero attached hydrogens (tertiary/aromatic N) is 1. The number of carbonyl (C=O) groups excluding carboxylic acids is 4. The van der Waals surface area contributed by atoms with Crippen molar-refractivity contribution < 1.29 is 19.2 Å². The van der Waals surface area contributed by atoms with Gasteiger partial charge in [0.05, 0.1) is 6.54 Å². The minimum absolute atomic E-state index is 0.117. The predicted molar refractivity (Wildman–Crippen MR) is 109 cm³/mol. The smallest absolute Gasteiger partial charge is 0.325 e. The van der Waals surface area contributed by atoms with Gasteiger partial charge >= 0.3 is 6.03 Å². The maximum absolute atomic E-state index is 13.2. The van der Waals surface area contributed by atoms with Gasteiger partial charge in [0, 0.05) is 28.1 Å². The van der Waals surface area contributed by atoms with E-state index in [4.69, 9.17) is 0 Å². The van der Waals surface area contributed by atoms with Crippen LogP contribution >= 0.6 is 11.3 Å². The van der Waals surface area contributed by atoms with Crippen LogP contribution in [0.1, 0.15) is 47.0 Å². The number of urea groups is 1. The Balaban J connectivity index is 1.50. The van der Waals surface area contributed by atoms with Crippen molar-refractivity contribution in [2.24, 2.45) is 0 Å². The number of amides is 4. The molecule has 8 heteroatoms. The molecule has 150 valence electrons. The predicted octanol–water partition coefficient (Wildman–Crippen LogP) is 3.06. The molecule has 1 spiro atoms. The minimum Gasteiger partial charge on any atom is -0.326 e. The lowest BCUT2D eigenvalue weighted by molar-refractivity contribution is -0.131. The van der Waals surface area contributed by atoms with Crippen LogP contribution in [0.2, 0.25) is 0 Å². The second-order valence-corrected chi connectivity index (χ2v) is 8.24. The summed E-state index contributed by atoms with van der Waals surface area (Å²) in [6, 6.07) is 7.79. The molecule has 1 aliphatic carbocycles. The summed E-state index contributed by atoms with van der Waals surface area (Å²) < 4.78 is 0. The van der Waals surface area contributed by atoms with Crippen LogP contribution in [0.25, 0.3) is 0 Å². The molecule has 0 bridgehead atoms. The van der Waals surface area contributed by atoms with Crippen LogP contribution in [0.3, 0.4) is 0 Å². The number of carbonyl (C=O) groups is 4. The zero-order valence-electron chi connectivity index (χ0n) is 16.0. The molecular weight excluding hydrogens is 390 g/mol. The van der Waals surface area contributed by atoms with Crippen LogP contribution in [0.15, 0.2) is 35.7 Å². The third kappa shape index (κ3) is 3.33. The number of rotatable bonds is 5. The number of hydrogen-bond donors (Lipinski definition) is 2. The fraction of sp³-hybridized carbons (Fsp3) is 0.333.